The zero-order valence-electron chi connectivity index (χ0n) is 8.03. The third-order valence-electron chi connectivity index (χ3n) is 1.62. The van der Waals surface area contributed by atoms with E-state index in [1.54, 1.807) is 0 Å². The van der Waals surface area contributed by atoms with E-state index in [0.717, 1.165) is 19.3 Å². The van der Waals surface area contributed by atoms with Gasteiger partial charge in [-0.1, -0.05) is 32.6 Å². The fourth-order valence-corrected chi connectivity index (χ4v) is 1.30. The third kappa shape index (κ3) is 11.9. The smallest absolute Gasteiger partial charge is 0.289 e. The highest BCUT2D eigenvalue weighted by molar-refractivity contribution is 7.85. The highest BCUT2D eigenvalue weighted by Gasteiger charge is 2.02. The molecule has 0 aliphatic rings. The molecule has 0 amide bonds. The van der Waals surface area contributed by atoms with Crippen molar-refractivity contribution in [1.29, 1.82) is 0 Å². The van der Waals surface area contributed by atoms with Crippen LogP contribution >= 0.6 is 0 Å². The summed E-state index contributed by atoms with van der Waals surface area (Å²) in [4.78, 5) is 0. The molecule has 0 saturated carbocycles. The predicted octanol–water partition coefficient (Wildman–Crippen LogP) is 1.82. The van der Waals surface area contributed by atoms with Gasteiger partial charge in [-0.25, -0.2) is 0 Å². The molecule has 0 bridgehead atoms. The summed E-state index contributed by atoms with van der Waals surface area (Å²) in [6.45, 7) is 2.54. The summed E-state index contributed by atoms with van der Waals surface area (Å²) in [5.41, 5.74) is 0. The van der Waals surface area contributed by atoms with Gasteiger partial charge in [-0.2, -0.15) is 8.42 Å². The maximum Gasteiger partial charge on any atom is 0.289 e. The van der Waals surface area contributed by atoms with Crippen molar-refractivity contribution in [2.75, 3.05) is 12.5 Å². The van der Waals surface area contributed by atoms with Gasteiger partial charge in [0.25, 0.3) is 10.1 Å². The van der Waals surface area contributed by atoms with Crippen molar-refractivity contribution in [3.05, 3.63) is 0 Å². The average molecular weight is 210 g/mol. The normalized spacial score (nSPS) is 11.8. The fraction of sp³-hybridized carbons (Fsp3) is 1.00. The minimum atomic E-state index is -3.94. The molecule has 0 heterocycles. The zero-order chi connectivity index (χ0) is 10.2. The van der Waals surface area contributed by atoms with E-state index in [1.807, 2.05) is 0 Å². The Labute approximate surface area is 80.0 Å². The molecule has 0 aromatic rings. The Morgan fingerprint density at radius 3 is 2.31 bits per heavy atom. The second-order valence-electron chi connectivity index (χ2n) is 3.02. The minimum Gasteiger partial charge on any atom is -0.363 e. The van der Waals surface area contributed by atoms with E-state index in [0.29, 0.717) is 6.61 Å². The lowest BCUT2D eigenvalue weighted by Crippen LogP contribution is -2.08. The quantitative estimate of drug-likeness (QED) is 0.490. The van der Waals surface area contributed by atoms with E-state index in [9.17, 15) is 8.42 Å². The standard InChI is InChI=1S/C8H18O4S/c1-2-3-4-5-6-7-12-8-13(9,10)11/h2-8H2,1H3,(H,9,10,11). The first-order valence-corrected chi connectivity index (χ1v) is 6.20. The summed E-state index contributed by atoms with van der Waals surface area (Å²) in [6.07, 6.45) is 5.46. The van der Waals surface area contributed by atoms with Gasteiger partial charge in [0, 0.05) is 6.61 Å². The van der Waals surface area contributed by atoms with Gasteiger partial charge in [-0.3, -0.25) is 4.55 Å². The van der Waals surface area contributed by atoms with Crippen molar-refractivity contribution < 1.29 is 17.7 Å². The van der Waals surface area contributed by atoms with Crippen LogP contribution in [-0.4, -0.2) is 25.5 Å². The molecule has 0 aliphatic heterocycles. The molecule has 0 unspecified atom stereocenters. The van der Waals surface area contributed by atoms with Crippen LogP contribution in [0.15, 0.2) is 0 Å². The summed E-state index contributed by atoms with van der Waals surface area (Å²) in [5.74, 6) is -0.583. The van der Waals surface area contributed by atoms with Crippen molar-refractivity contribution in [3.63, 3.8) is 0 Å². The zero-order valence-corrected chi connectivity index (χ0v) is 8.85. The van der Waals surface area contributed by atoms with Crippen LogP contribution in [0.2, 0.25) is 0 Å². The molecule has 0 aromatic heterocycles. The van der Waals surface area contributed by atoms with Crippen molar-refractivity contribution >= 4 is 10.1 Å². The van der Waals surface area contributed by atoms with Crippen LogP contribution in [0.25, 0.3) is 0 Å². The average Bonchev–Trinajstić information content (AvgIpc) is 2.01. The van der Waals surface area contributed by atoms with Crippen LogP contribution in [-0.2, 0) is 14.9 Å². The van der Waals surface area contributed by atoms with E-state index in [1.165, 1.54) is 12.8 Å². The maximum absolute atomic E-state index is 10.2. The Bertz CT molecular complexity index is 198. The fourth-order valence-electron chi connectivity index (χ4n) is 0.972. The molecule has 4 nitrogen and oxygen atoms in total. The molecular weight excluding hydrogens is 192 g/mol. The largest absolute Gasteiger partial charge is 0.363 e. The molecule has 80 valence electrons. The topological polar surface area (TPSA) is 63.6 Å². The van der Waals surface area contributed by atoms with Gasteiger partial charge in [0.15, 0.2) is 5.94 Å². The Morgan fingerprint density at radius 1 is 1.15 bits per heavy atom. The van der Waals surface area contributed by atoms with Crippen LogP contribution in [0, 0.1) is 0 Å². The first kappa shape index (κ1) is 12.9. The van der Waals surface area contributed by atoms with Gasteiger partial charge in [0.2, 0.25) is 0 Å². The Balaban J connectivity index is 3.09. The summed E-state index contributed by atoms with van der Waals surface area (Å²) >= 11 is 0. The molecular formula is C8H18O4S. The van der Waals surface area contributed by atoms with Gasteiger partial charge in [-0.05, 0) is 6.42 Å². The Morgan fingerprint density at radius 2 is 1.77 bits per heavy atom. The van der Waals surface area contributed by atoms with E-state index in [-0.39, 0.29) is 0 Å². The summed E-state index contributed by atoms with van der Waals surface area (Å²) in [7, 11) is -3.94. The van der Waals surface area contributed by atoms with E-state index in [4.69, 9.17) is 9.29 Å². The number of hydrogen-bond donors (Lipinski definition) is 1. The highest BCUT2D eigenvalue weighted by Crippen LogP contribution is 2.02. The van der Waals surface area contributed by atoms with Crippen molar-refractivity contribution in [2.24, 2.45) is 0 Å². The lowest BCUT2D eigenvalue weighted by Gasteiger charge is -2.01. The van der Waals surface area contributed by atoms with Gasteiger partial charge in [0.1, 0.15) is 0 Å². The second kappa shape index (κ2) is 7.29. The SMILES string of the molecule is CCCCCCCOCS(=O)(=O)O. The van der Waals surface area contributed by atoms with Crippen LogP contribution in [0.5, 0.6) is 0 Å². The lowest BCUT2D eigenvalue weighted by atomic mass is 10.2. The number of rotatable bonds is 8. The number of ether oxygens (including phenoxy) is 1. The molecule has 1 N–H and O–H groups in total. The van der Waals surface area contributed by atoms with Crippen LogP contribution in [0.1, 0.15) is 39.0 Å². The van der Waals surface area contributed by atoms with Crippen LogP contribution < -0.4 is 0 Å². The maximum atomic E-state index is 10.2. The third-order valence-corrected chi connectivity index (χ3v) is 2.09. The predicted molar refractivity (Wildman–Crippen MR) is 51.1 cm³/mol. The molecule has 0 fully saturated rings. The molecule has 5 heteroatoms. The molecule has 0 rings (SSSR count). The Kier molecular flexibility index (Phi) is 7.22. The second-order valence-corrected chi connectivity index (χ2v) is 4.42. The van der Waals surface area contributed by atoms with E-state index < -0.39 is 16.1 Å². The van der Waals surface area contributed by atoms with Crippen molar-refractivity contribution in [1.82, 2.24) is 0 Å². The lowest BCUT2D eigenvalue weighted by molar-refractivity contribution is 0.165. The molecule has 0 radical (unpaired) electrons. The van der Waals surface area contributed by atoms with Gasteiger partial charge < -0.3 is 4.74 Å². The van der Waals surface area contributed by atoms with Crippen molar-refractivity contribution in [3.8, 4) is 0 Å². The molecule has 0 spiro atoms. The van der Waals surface area contributed by atoms with E-state index in [2.05, 4.69) is 6.92 Å². The van der Waals surface area contributed by atoms with Gasteiger partial charge in [-0.15, -0.1) is 0 Å². The first-order valence-electron chi connectivity index (χ1n) is 4.59. The first-order chi connectivity index (χ1) is 6.06. The summed E-state index contributed by atoms with van der Waals surface area (Å²) in [5, 5.41) is 0. The highest BCUT2D eigenvalue weighted by atomic mass is 32.2. The molecule has 13 heavy (non-hydrogen) atoms. The number of unbranched alkanes of at least 4 members (excludes halogenated alkanes) is 4. The molecule has 0 aromatic carbocycles. The summed E-state index contributed by atoms with van der Waals surface area (Å²) < 4.78 is 33.4. The molecule has 0 aliphatic carbocycles. The summed E-state index contributed by atoms with van der Waals surface area (Å²) in [6, 6.07) is 0. The minimum absolute atomic E-state index is 0.406. The van der Waals surface area contributed by atoms with Gasteiger partial charge >= 0.3 is 0 Å². The van der Waals surface area contributed by atoms with Crippen molar-refractivity contribution in [2.45, 2.75) is 39.0 Å². The molecule has 0 atom stereocenters. The number of hydrogen-bond acceptors (Lipinski definition) is 3. The van der Waals surface area contributed by atoms with Gasteiger partial charge in [0.05, 0.1) is 0 Å². The van der Waals surface area contributed by atoms with Crippen LogP contribution in [0.3, 0.4) is 0 Å². The molecule has 0 saturated heterocycles. The monoisotopic (exact) mass is 210 g/mol. The van der Waals surface area contributed by atoms with Crippen LogP contribution in [0.4, 0.5) is 0 Å². The Hall–Kier alpha value is -0.130. The van der Waals surface area contributed by atoms with E-state index >= 15 is 0 Å².